The molecular formula is C15H20N2O4S. The summed E-state index contributed by atoms with van der Waals surface area (Å²) in [5, 5.41) is 8.89. The van der Waals surface area contributed by atoms with Gasteiger partial charge in [-0.3, -0.25) is 14.5 Å². The van der Waals surface area contributed by atoms with E-state index in [1.54, 1.807) is 0 Å². The quantitative estimate of drug-likeness (QED) is 0.804. The van der Waals surface area contributed by atoms with E-state index in [0.29, 0.717) is 12.7 Å². The van der Waals surface area contributed by atoms with Crippen LogP contribution in [0.4, 0.5) is 0 Å². The minimum absolute atomic E-state index is 0.188. The highest BCUT2D eigenvalue weighted by molar-refractivity contribution is 7.85. The zero-order valence-electron chi connectivity index (χ0n) is 12.4. The summed E-state index contributed by atoms with van der Waals surface area (Å²) in [4.78, 5) is 8.33. The molecule has 2 aromatic rings. The van der Waals surface area contributed by atoms with Crippen molar-refractivity contribution in [2.75, 3.05) is 12.9 Å². The molecule has 0 saturated carbocycles. The van der Waals surface area contributed by atoms with Gasteiger partial charge >= 0.3 is 0 Å². The van der Waals surface area contributed by atoms with Gasteiger partial charge in [-0.25, -0.2) is 0 Å². The first-order valence-electron chi connectivity index (χ1n) is 6.74. The topological polar surface area (TPSA) is 100 Å². The van der Waals surface area contributed by atoms with Crippen LogP contribution in [0.15, 0.2) is 42.9 Å². The van der Waals surface area contributed by atoms with Crippen molar-refractivity contribution >= 4 is 10.1 Å². The molecule has 7 heteroatoms. The van der Waals surface area contributed by atoms with Crippen molar-refractivity contribution in [3.63, 3.8) is 0 Å². The van der Waals surface area contributed by atoms with E-state index in [1.165, 1.54) is 5.56 Å². The van der Waals surface area contributed by atoms with E-state index < -0.39 is 10.1 Å². The summed E-state index contributed by atoms with van der Waals surface area (Å²) < 4.78 is 25.9. The Balaban J connectivity index is 0.000000422. The summed E-state index contributed by atoms with van der Waals surface area (Å²) in [5.74, 6) is 0. The molecule has 2 N–H and O–H groups in total. The molecule has 0 aliphatic carbocycles. The van der Waals surface area contributed by atoms with Gasteiger partial charge in [-0.15, -0.1) is 0 Å². The largest absolute Gasteiger partial charge is 0.396 e. The molecule has 22 heavy (non-hydrogen) atoms. The van der Waals surface area contributed by atoms with Crippen molar-refractivity contribution in [2.45, 2.75) is 19.3 Å². The van der Waals surface area contributed by atoms with Crippen LogP contribution >= 0.6 is 0 Å². The molecule has 0 fully saturated rings. The Morgan fingerprint density at radius 3 is 2.18 bits per heavy atom. The number of nitrogens with zero attached hydrogens (tertiary/aromatic N) is 2. The molecule has 0 spiro atoms. The van der Waals surface area contributed by atoms with Crippen LogP contribution in [-0.4, -0.2) is 40.9 Å². The Hall–Kier alpha value is -1.83. The van der Waals surface area contributed by atoms with Gasteiger partial charge in [-0.2, -0.15) is 8.42 Å². The third-order valence-corrected chi connectivity index (χ3v) is 2.70. The lowest BCUT2D eigenvalue weighted by atomic mass is 10.1. The Labute approximate surface area is 130 Å². The van der Waals surface area contributed by atoms with E-state index >= 15 is 0 Å². The van der Waals surface area contributed by atoms with Gasteiger partial charge in [0, 0.05) is 30.9 Å². The van der Waals surface area contributed by atoms with E-state index in [0.717, 1.165) is 24.1 Å². The molecule has 2 aromatic heterocycles. The fourth-order valence-electron chi connectivity index (χ4n) is 1.77. The highest BCUT2D eigenvalue weighted by atomic mass is 32.2. The van der Waals surface area contributed by atoms with Crippen LogP contribution in [0.1, 0.15) is 16.8 Å². The number of hydrogen-bond acceptors (Lipinski definition) is 5. The van der Waals surface area contributed by atoms with E-state index in [2.05, 4.69) is 16.0 Å². The average Bonchev–Trinajstić information content (AvgIpc) is 2.45. The van der Waals surface area contributed by atoms with Crippen molar-refractivity contribution in [2.24, 2.45) is 0 Å². The second-order valence-electron chi connectivity index (χ2n) is 4.72. The number of pyridine rings is 2. The molecule has 0 aliphatic heterocycles. The van der Waals surface area contributed by atoms with Crippen LogP contribution < -0.4 is 0 Å². The lowest BCUT2D eigenvalue weighted by Gasteiger charge is -2.03. The Morgan fingerprint density at radius 1 is 1.00 bits per heavy atom. The van der Waals surface area contributed by atoms with Crippen molar-refractivity contribution in [3.8, 4) is 0 Å². The summed E-state index contributed by atoms with van der Waals surface area (Å²) in [7, 11) is -3.67. The SMILES string of the molecule is CS(=O)(=O)O.OCCc1ccnc(CCc2ccncc2)c1. The first kappa shape index (κ1) is 18.2. The van der Waals surface area contributed by atoms with Crippen LogP contribution in [-0.2, 0) is 29.4 Å². The third kappa shape index (κ3) is 9.17. The van der Waals surface area contributed by atoms with E-state index in [4.69, 9.17) is 9.66 Å². The number of aliphatic hydroxyl groups is 1. The molecular weight excluding hydrogens is 304 g/mol. The minimum atomic E-state index is -3.67. The number of rotatable bonds is 5. The maximum atomic E-state index is 9.19. The summed E-state index contributed by atoms with van der Waals surface area (Å²) in [6, 6.07) is 8.07. The molecule has 120 valence electrons. The molecule has 0 atom stereocenters. The predicted octanol–water partition coefficient (Wildman–Crippen LogP) is 1.30. The molecule has 2 heterocycles. The van der Waals surface area contributed by atoms with Gasteiger partial charge in [-0.05, 0) is 54.7 Å². The lowest BCUT2D eigenvalue weighted by molar-refractivity contribution is 0.299. The monoisotopic (exact) mass is 324 g/mol. The van der Waals surface area contributed by atoms with E-state index in [9.17, 15) is 8.42 Å². The molecule has 0 bridgehead atoms. The third-order valence-electron chi connectivity index (χ3n) is 2.70. The fourth-order valence-corrected chi connectivity index (χ4v) is 1.77. The standard InChI is InChI=1S/C14H16N2O.CH4O3S/c17-10-6-13-5-9-16-14(11-13)2-1-12-3-7-15-8-4-12;1-5(2,3)4/h3-5,7-9,11,17H,1-2,6,10H2;1H3,(H,2,3,4). The maximum absolute atomic E-state index is 9.19. The molecule has 0 radical (unpaired) electrons. The summed E-state index contributed by atoms with van der Waals surface area (Å²) in [5.41, 5.74) is 3.49. The van der Waals surface area contributed by atoms with Crippen molar-refractivity contribution in [1.29, 1.82) is 0 Å². The average molecular weight is 324 g/mol. The van der Waals surface area contributed by atoms with E-state index in [-0.39, 0.29) is 6.61 Å². The molecule has 0 aromatic carbocycles. The number of aliphatic hydroxyl groups excluding tert-OH is 1. The number of aromatic nitrogens is 2. The maximum Gasteiger partial charge on any atom is 0.261 e. The molecule has 6 nitrogen and oxygen atoms in total. The van der Waals surface area contributed by atoms with Crippen molar-refractivity contribution < 1.29 is 18.1 Å². The van der Waals surface area contributed by atoms with Gasteiger partial charge in [0.15, 0.2) is 0 Å². The molecule has 0 unspecified atom stereocenters. The van der Waals surface area contributed by atoms with Crippen LogP contribution in [0.25, 0.3) is 0 Å². The molecule has 0 aliphatic rings. The number of aryl methyl sites for hydroxylation is 2. The first-order chi connectivity index (χ1) is 10.4. The zero-order chi connectivity index (χ0) is 16.4. The first-order valence-corrected chi connectivity index (χ1v) is 8.59. The van der Waals surface area contributed by atoms with Gasteiger partial charge in [-0.1, -0.05) is 0 Å². The van der Waals surface area contributed by atoms with Gasteiger partial charge < -0.3 is 5.11 Å². The van der Waals surface area contributed by atoms with Crippen LogP contribution in [0.2, 0.25) is 0 Å². The van der Waals surface area contributed by atoms with Crippen molar-refractivity contribution in [1.82, 2.24) is 9.97 Å². The Bertz CT molecular complexity index is 652. The predicted molar refractivity (Wildman–Crippen MR) is 84.1 cm³/mol. The zero-order valence-corrected chi connectivity index (χ0v) is 13.2. The second kappa shape index (κ2) is 9.24. The molecule has 0 saturated heterocycles. The fraction of sp³-hybridized carbons (Fsp3) is 0.333. The summed E-state index contributed by atoms with van der Waals surface area (Å²) in [6.07, 6.45) is 8.74. The van der Waals surface area contributed by atoms with Crippen LogP contribution in [0.5, 0.6) is 0 Å². The normalized spacial score (nSPS) is 10.7. The van der Waals surface area contributed by atoms with Gasteiger partial charge in [0.25, 0.3) is 10.1 Å². The van der Waals surface area contributed by atoms with E-state index in [1.807, 2.05) is 36.8 Å². The number of hydrogen-bond donors (Lipinski definition) is 2. The Morgan fingerprint density at radius 2 is 1.59 bits per heavy atom. The van der Waals surface area contributed by atoms with Gasteiger partial charge in [0.2, 0.25) is 0 Å². The highest BCUT2D eigenvalue weighted by Crippen LogP contribution is 2.07. The smallest absolute Gasteiger partial charge is 0.261 e. The summed E-state index contributed by atoms with van der Waals surface area (Å²) >= 11 is 0. The van der Waals surface area contributed by atoms with Gasteiger partial charge in [0.05, 0.1) is 6.26 Å². The lowest BCUT2D eigenvalue weighted by Crippen LogP contribution is -1.97. The summed E-state index contributed by atoms with van der Waals surface area (Å²) in [6.45, 7) is 0.188. The highest BCUT2D eigenvalue weighted by Gasteiger charge is 1.99. The Kier molecular flexibility index (Phi) is 7.65. The van der Waals surface area contributed by atoms with Crippen molar-refractivity contribution in [3.05, 3.63) is 59.7 Å². The van der Waals surface area contributed by atoms with Crippen LogP contribution in [0, 0.1) is 0 Å². The van der Waals surface area contributed by atoms with Gasteiger partial charge in [0.1, 0.15) is 0 Å². The minimum Gasteiger partial charge on any atom is -0.396 e. The molecule has 2 rings (SSSR count). The second-order valence-corrected chi connectivity index (χ2v) is 6.18. The molecule has 0 amide bonds. The van der Waals surface area contributed by atoms with Crippen LogP contribution in [0.3, 0.4) is 0 Å².